The van der Waals surface area contributed by atoms with Crippen LogP contribution in [0.15, 0.2) is 0 Å². The number of nitrogens with one attached hydrogen (secondary N) is 1. The van der Waals surface area contributed by atoms with Gasteiger partial charge < -0.3 is 24.6 Å². The van der Waals surface area contributed by atoms with Crippen molar-refractivity contribution in [2.75, 3.05) is 0 Å². The van der Waals surface area contributed by atoms with Crippen LogP contribution in [0.1, 0.15) is 98.8 Å². The van der Waals surface area contributed by atoms with Crippen LogP contribution in [0.3, 0.4) is 0 Å². The van der Waals surface area contributed by atoms with E-state index in [1.54, 1.807) is 20.8 Å². The molecule has 0 bridgehead atoms. The lowest BCUT2D eigenvalue weighted by atomic mass is 9.95. The largest absolute Gasteiger partial charge is 0.481 e. The first kappa shape index (κ1) is 28.7. The molecule has 1 rings (SSSR count). The molecule has 1 saturated carbocycles. The first-order valence-corrected chi connectivity index (χ1v) is 12.0. The number of esters is 2. The third-order valence-electron chi connectivity index (χ3n) is 5.49. The Kier molecular flexibility index (Phi) is 12.2. The molecule has 0 radical (unpaired) electrons. The average Bonchev–Trinajstić information content (AvgIpc) is 2.69. The zero-order valence-corrected chi connectivity index (χ0v) is 20.7. The number of ether oxygens (including phenoxy) is 3. The van der Waals surface area contributed by atoms with E-state index in [0.29, 0.717) is 6.42 Å². The molecule has 2 N–H and O–H groups in total. The van der Waals surface area contributed by atoms with Crippen molar-refractivity contribution in [2.24, 2.45) is 5.92 Å². The van der Waals surface area contributed by atoms with Crippen molar-refractivity contribution in [3.63, 3.8) is 0 Å². The van der Waals surface area contributed by atoms with E-state index in [2.05, 4.69) is 5.32 Å². The van der Waals surface area contributed by atoms with Crippen LogP contribution in [0.25, 0.3) is 0 Å². The van der Waals surface area contributed by atoms with Crippen LogP contribution in [0.5, 0.6) is 0 Å². The maximum Gasteiger partial charge on any atom is 0.408 e. The zero-order valence-electron chi connectivity index (χ0n) is 20.7. The molecule has 0 aromatic rings. The second kappa shape index (κ2) is 14.1. The summed E-state index contributed by atoms with van der Waals surface area (Å²) in [7, 11) is 0. The molecule has 0 aromatic heterocycles. The number of carboxylic acids is 1. The van der Waals surface area contributed by atoms with Gasteiger partial charge in [-0.25, -0.2) is 9.59 Å². The fourth-order valence-corrected chi connectivity index (χ4v) is 3.70. The first-order chi connectivity index (χ1) is 15.4. The molecule has 1 amide bonds. The number of rotatable bonds is 12. The van der Waals surface area contributed by atoms with Gasteiger partial charge in [0, 0.05) is 0 Å². The predicted molar refractivity (Wildman–Crippen MR) is 122 cm³/mol. The van der Waals surface area contributed by atoms with Crippen LogP contribution in [0.2, 0.25) is 0 Å². The van der Waals surface area contributed by atoms with Gasteiger partial charge in [0.05, 0.1) is 12.8 Å². The molecule has 9 heteroatoms. The number of carbonyl (C=O) groups is 4. The Morgan fingerprint density at radius 1 is 1.06 bits per heavy atom. The van der Waals surface area contributed by atoms with Crippen LogP contribution in [0, 0.1) is 5.92 Å². The molecule has 0 aliphatic heterocycles. The average molecular weight is 472 g/mol. The molecule has 0 heterocycles. The van der Waals surface area contributed by atoms with E-state index in [1.165, 1.54) is 0 Å². The normalized spacial score (nSPS) is 17.4. The van der Waals surface area contributed by atoms with Crippen LogP contribution >= 0.6 is 0 Å². The van der Waals surface area contributed by atoms with Crippen LogP contribution < -0.4 is 5.32 Å². The van der Waals surface area contributed by atoms with E-state index in [4.69, 9.17) is 14.2 Å². The fourth-order valence-electron chi connectivity index (χ4n) is 3.70. The minimum atomic E-state index is -1.34. The quantitative estimate of drug-likeness (QED) is 0.317. The van der Waals surface area contributed by atoms with Gasteiger partial charge in [-0.1, -0.05) is 33.1 Å². The highest BCUT2D eigenvalue weighted by molar-refractivity contribution is 5.86. The summed E-state index contributed by atoms with van der Waals surface area (Å²) in [4.78, 5) is 49.1. The zero-order chi connectivity index (χ0) is 25.0. The van der Waals surface area contributed by atoms with Gasteiger partial charge in [0.15, 0.2) is 0 Å². The van der Waals surface area contributed by atoms with Crippen molar-refractivity contribution >= 4 is 24.0 Å². The summed E-state index contributed by atoms with van der Waals surface area (Å²) in [5.74, 6) is -2.78. The number of carbonyl (C=O) groups excluding carboxylic acids is 3. The molecule has 0 aromatic carbocycles. The first-order valence-electron chi connectivity index (χ1n) is 12.0. The maximum absolute atomic E-state index is 12.9. The van der Waals surface area contributed by atoms with Crippen LogP contribution in [-0.4, -0.2) is 53.0 Å². The summed E-state index contributed by atoms with van der Waals surface area (Å²) in [5.41, 5.74) is -0.804. The number of hydrogen-bond acceptors (Lipinski definition) is 7. The Morgan fingerprint density at radius 2 is 1.70 bits per heavy atom. The van der Waals surface area contributed by atoms with Crippen molar-refractivity contribution in [1.29, 1.82) is 0 Å². The summed E-state index contributed by atoms with van der Waals surface area (Å²) in [6.07, 6.45) is 4.36. The Hall–Kier alpha value is -2.32. The molecule has 33 heavy (non-hydrogen) atoms. The van der Waals surface area contributed by atoms with Gasteiger partial charge in [0.1, 0.15) is 23.9 Å². The van der Waals surface area contributed by atoms with Gasteiger partial charge in [0.25, 0.3) is 0 Å². The minimum absolute atomic E-state index is 0.193. The van der Waals surface area contributed by atoms with E-state index in [1.807, 2.05) is 13.8 Å². The van der Waals surface area contributed by atoms with Gasteiger partial charge in [-0.05, 0) is 58.8 Å². The van der Waals surface area contributed by atoms with Crippen molar-refractivity contribution in [3.05, 3.63) is 0 Å². The van der Waals surface area contributed by atoms with Crippen molar-refractivity contribution in [3.8, 4) is 0 Å². The SMILES string of the molecule is CCCC[C@H](C)[C@H](CC(=O)O)OC(=O)[C@@H](CC(=O)OC1CCCCC1)NC(=O)OC(C)(C)C. The monoisotopic (exact) mass is 471 g/mol. The molecule has 1 fully saturated rings. The summed E-state index contributed by atoms with van der Waals surface area (Å²) >= 11 is 0. The molecular weight excluding hydrogens is 430 g/mol. The fraction of sp³-hybridized carbons (Fsp3) is 0.833. The lowest BCUT2D eigenvalue weighted by Crippen LogP contribution is -2.47. The molecule has 9 nitrogen and oxygen atoms in total. The van der Waals surface area contributed by atoms with Gasteiger partial charge in [-0.3, -0.25) is 9.59 Å². The molecular formula is C24H41NO8. The Balaban J connectivity index is 2.90. The van der Waals surface area contributed by atoms with E-state index in [0.717, 1.165) is 44.9 Å². The van der Waals surface area contributed by atoms with Crippen molar-refractivity contribution in [2.45, 2.75) is 123 Å². The molecule has 1 aliphatic carbocycles. The standard InChI is InChI=1S/C24H41NO8/c1-6-7-11-16(2)19(15-20(26)27)32-22(29)18(25-23(30)33-24(3,4)5)14-21(28)31-17-12-9-8-10-13-17/h16-19H,6-15H2,1-5H3,(H,25,30)(H,26,27)/t16-,18+,19-/m0/s1. The second-order valence-electron chi connectivity index (χ2n) is 9.85. The lowest BCUT2D eigenvalue weighted by molar-refractivity contribution is -0.163. The molecule has 3 atom stereocenters. The van der Waals surface area contributed by atoms with E-state index in [9.17, 15) is 24.3 Å². The topological polar surface area (TPSA) is 128 Å². The van der Waals surface area contributed by atoms with Crippen LogP contribution in [0.4, 0.5) is 4.79 Å². The van der Waals surface area contributed by atoms with Crippen molar-refractivity contribution < 1.29 is 38.5 Å². The molecule has 1 aliphatic rings. The second-order valence-corrected chi connectivity index (χ2v) is 9.85. The number of unbranched alkanes of at least 4 members (excludes halogenated alkanes) is 1. The third-order valence-corrected chi connectivity index (χ3v) is 5.49. The Morgan fingerprint density at radius 3 is 2.24 bits per heavy atom. The van der Waals surface area contributed by atoms with Crippen molar-refractivity contribution in [1.82, 2.24) is 5.32 Å². The van der Waals surface area contributed by atoms with Crippen LogP contribution in [-0.2, 0) is 28.6 Å². The highest BCUT2D eigenvalue weighted by atomic mass is 16.6. The summed E-state index contributed by atoms with van der Waals surface area (Å²) in [6, 6.07) is -1.34. The summed E-state index contributed by atoms with van der Waals surface area (Å²) < 4.78 is 16.2. The van der Waals surface area contributed by atoms with Gasteiger partial charge in [-0.15, -0.1) is 0 Å². The van der Waals surface area contributed by atoms with Gasteiger partial charge in [-0.2, -0.15) is 0 Å². The van der Waals surface area contributed by atoms with Gasteiger partial charge in [0.2, 0.25) is 0 Å². The molecule has 0 spiro atoms. The predicted octanol–water partition coefficient (Wildman–Crippen LogP) is 4.36. The number of alkyl carbamates (subject to hydrolysis) is 1. The molecule has 190 valence electrons. The highest BCUT2D eigenvalue weighted by Gasteiger charge is 2.33. The highest BCUT2D eigenvalue weighted by Crippen LogP contribution is 2.22. The maximum atomic E-state index is 12.9. The summed E-state index contributed by atoms with van der Waals surface area (Å²) in [6.45, 7) is 8.87. The Bertz CT molecular complexity index is 651. The number of aliphatic carboxylic acids is 1. The van der Waals surface area contributed by atoms with E-state index in [-0.39, 0.29) is 18.4 Å². The lowest BCUT2D eigenvalue weighted by Gasteiger charge is -2.27. The van der Waals surface area contributed by atoms with Gasteiger partial charge >= 0.3 is 24.0 Å². The Labute approximate surface area is 196 Å². The minimum Gasteiger partial charge on any atom is -0.481 e. The number of amides is 1. The molecule has 0 unspecified atom stereocenters. The smallest absolute Gasteiger partial charge is 0.408 e. The number of hydrogen-bond donors (Lipinski definition) is 2. The molecule has 0 saturated heterocycles. The third kappa shape index (κ3) is 12.5. The number of carboxylic acid groups (broad SMARTS) is 1. The summed E-state index contributed by atoms with van der Waals surface area (Å²) in [5, 5.41) is 11.7. The van der Waals surface area contributed by atoms with E-state index < -0.39 is 48.2 Å². The van der Waals surface area contributed by atoms with E-state index >= 15 is 0 Å².